The molecule has 0 aliphatic heterocycles. The first-order valence-electron chi connectivity index (χ1n) is 6.42. The first kappa shape index (κ1) is 16.0. The lowest BCUT2D eigenvalue weighted by Crippen LogP contribution is -2.32. The fourth-order valence-corrected chi connectivity index (χ4v) is 2.05. The molecule has 0 saturated carbocycles. The molecule has 1 atom stereocenters. The van der Waals surface area contributed by atoms with Crippen LogP contribution in [0.4, 0.5) is 13.2 Å². The monoisotopic (exact) mass is 313 g/mol. The number of benzene rings is 1. The van der Waals surface area contributed by atoms with E-state index in [2.05, 4.69) is 15.5 Å². The van der Waals surface area contributed by atoms with Crippen LogP contribution in [0.15, 0.2) is 30.3 Å². The lowest BCUT2D eigenvalue weighted by Gasteiger charge is -2.20. The van der Waals surface area contributed by atoms with Crippen molar-refractivity contribution in [2.45, 2.75) is 19.1 Å². The van der Waals surface area contributed by atoms with Crippen LogP contribution in [0.5, 0.6) is 0 Å². The lowest BCUT2D eigenvalue weighted by atomic mass is 10.00. The number of carbonyl (C=O) groups excluding carboxylic acids is 1. The third kappa shape index (κ3) is 3.45. The highest BCUT2D eigenvalue weighted by atomic mass is 19.4. The summed E-state index contributed by atoms with van der Waals surface area (Å²) in [5.41, 5.74) is -0.410. The van der Waals surface area contributed by atoms with Crippen molar-refractivity contribution in [3.8, 4) is 0 Å². The van der Waals surface area contributed by atoms with Gasteiger partial charge in [0.1, 0.15) is 5.69 Å². The normalized spacial score (nSPS) is 13.0. The molecule has 0 spiro atoms. The maximum atomic E-state index is 13.0. The van der Waals surface area contributed by atoms with Gasteiger partial charge in [-0.3, -0.25) is 9.89 Å². The van der Waals surface area contributed by atoms with Crippen LogP contribution in [0.1, 0.15) is 33.4 Å². The highest BCUT2D eigenvalue weighted by Crippen LogP contribution is 2.34. The minimum atomic E-state index is -4.57. The molecule has 1 heterocycles. The molecule has 22 heavy (non-hydrogen) atoms. The van der Waals surface area contributed by atoms with Gasteiger partial charge in [-0.15, -0.1) is 0 Å². The number of H-pyrrole nitrogens is 1. The van der Waals surface area contributed by atoms with Gasteiger partial charge in [-0.05, 0) is 24.6 Å². The second kappa shape index (κ2) is 6.18. The van der Waals surface area contributed by atoms with Gasteiger partial charge in [-0.25, -0.2) is 0 Å². The van der Waals surface area contributed by atoms with Gasteiger partial charge in [0.25, 0.3) is 5.91 Å². The Hall–Kier alpha value is -2.35. The molecule has 1 unspecified atom stereocenters. The van der Waals surface area contributed by atoms with E-state index in [9.17, 15) is 23.1 Å². The fourth-order valence-electron chi connectivity index (χ4n) is 2.05. The van der Waals surface area contributed by atoms with Crippen molar-refractivity contribution in [1.82, 2.24) is 15.5 Å². The summed E-state index contributed by atoms with van der Waals surface area (Å²) in [4.78, 5) is 12.0. The van der Waals surface area contributed by atoms with Crippen molar-refractivity contribution in [2.75, 3.05) is 6.61 Å². The van der Waals surface area contributed by atoms with Crippen LogP contribution in [-0.2, 0) is 6.18 Å². The number of halogens is 3. The Morgan fingerprint density at radius 3 is 2.64 bits per heavy atom. The van der Waals surface area contributed by atoms with Gasteiger partial charge in [-0.2, -0.15) is 18.3 Å². The Bertz CT molecular complexity index is 667. The Balaban J connectivity index is 2.28. The summed E-state index contributed by atoms with van der Waals surface area (Å²) in [6.45, 7) is 1.02. The van der Waals surface area contributed by atoms with Gasteiger partial charge in [0.05, 0.1) is 18.2 Å². The Labute approximate surface area is 124 Å². The first-order valence-corrected chi connectivity index (χ1v) is 6.42. The van der Waals surface area contributed by atoms with Gasteiger partial charge >= 0.3 is 6.18 Å². The number of hydrogen-bond acceptors (Lipinski definition) is 3. The topological polar surface area (TPSA) is 78.0 Å². The molecule has 2 aromatic rings. The molecule has 8 heteroatoms. The van der Waals surface area contributed by atoms with Crippen LogP contribution in [0.25, 0.3) is 0 Å². The fraction of sp³-hybridized carbons (Fsp3) is 0.286. The van der Waals surface area contributed by atoms with E-state index in [1.807, 2.05) is 0 Å². The molecule has 3 N–H and O–H groups in total. The average molecular weight is 313 g/mol. The summed E-state index contributed by atoms with van der Waals surface area (Å²) >= 11 is 0. The van der Waals surface area contributed by atoms with Crippen LogP contribution in [0.2, 0.25) is 0 Å². The maximum Gasteiger partial charge on any atom is 0.416 e. The Morgan fingerprint density at radius 1 is 1.41 bits per heavy atom. The average Bonchev–Trinajstić information content (AvgIpc) is 2.90. The summed E-state index contributed by atoms with van der Waals surface area (Å²) in [5.74, 6) is -0.666. The lowest BCUT2D eigenvalue weighted by molar-refractivity contribution is -0.138. The van der Waals surface area contributed by atoms with Gasteiger partial charge in [0, 0.05) is 5.69 Å². The summed E-state index contributed by atoms with van der Waals surface area (Å²) in [6, 6.07) is 5.07. The SMILES string of the molecule is Cc1cc(C(=O)NC(CO)c2ccccc2C(F)(F)F)n[nH]1. The third-order valence-electron chi connectivity index (χ3n) is 3.07. The zero-order valence-electron chi connectivity index (χ0n) is 11.6. The predicted molar refractivity (Wildman–Crippen MR) is 72.1 cm³/mol. The Kier molecular flexibility index (Phi) is 4.51. The van der Waals surface area contributed by atoms with Crippen LogP contribution >= 0.6 is 0 Å². The molecule has 0 saturated heterocycles. The number of alkyl halides is 3. The molecule has 1 aromatic carbocycles. The van der Waals surface area contributed by atoms with Crippen molar-refractivity contribution in [1.29, 1.82) is 0 Å². The number of nitrogens with one attached hydrogen (secondary N) is 2. The summed E-state index contributed by atoms with van der Waals surface area (Å²) in [7, 11) is 0. The number of aromatic amines is 1. The van der Waals surface area contributed by atoms with E-state index in [1.165, 1.54) is 24.3 Å². The van der Waals surface area contributed by atoms with E-state index < -0.39 is 30.3 Å². The number of aromatic nitrogens is 2. The van der Waals surface area contributed by atoms with Crippen LogP contribution in [0.3, 0.4) is 0 Å². The van der Waals surface area contributed by atoms with Crippen molar-refractivity contribution < 1.29 is 23.1 Å². The maximum absolute atomic E-state index is 13.0. The number of amides is 1. The quantitative estimate of drug-likeness (QED) is 0.810. The van der Waals surface area contributed by atoms with E-state index >= 15 is 0 Å². The molecule has 5 nitrogen and oxygen atoms in total. The standard InChI is InChI=1S/C14H14F3N3O2/c1-8-6-11(20-19-8)13(22)18-12(7-21)9-4-2-3-5-10(9)14(15,16)17/h2-6,12,21H,7H2,1H3,(H,18,22)(H,19,20). The second-order valence-corrected chi connectivity index (χ2v) is 4.73. The number of carbonyl (C=O) groups is 1. The molecular weight excluding hydrogens is 299 g/mol. The predicted octanol–water partition coefficient (Wildman–Crippen LogP) is 2.20. The minimum absolute atomic E-state index is 0.0421. The van der Waals surface area contributed by atoms with Gasteiger partial charge in [0.15, 0.2) is 0 Å². The third-order valence-corrected chi connectivity index (χ3v) is 3.07. The minimum Gasteiger partial charge on any atom is -0.394 e. The molecular formula is C14H14F3N3O2. The first-order chi connectivity index (χ1) is 10.3. The van der Waals surface area contributed by atoms with E-state index in [4.69, 9.17) is 0 Å². The van der Waals surface area contributed by atoms with Crippen LogP contribution in [0, 0.1) is 6.92 Å². The molecule has 0 aliphatic rings. The zero-order valence-corrected chi connectivity index (χ0v) is 11.6. The van der Waals surface area contributed by atoms with Gasteiger partial charge in [0.2, 0.25) is 0 Å². The van der Waals surface area contributed by atoms with E-state index in [-0.39, 0.29) is 11.3 Å². The second-order valence-electron chi connectivity index (χ2n) is 4.73. The number of aliphatic hydroxyl groups is 1. The largest absolute Gasteiger partial charge is 0.416 e. The number of aryl methyl sites for hydroxylation is 1. The number of rotatable bonds is 4. The van der Waals surface area contributed by atoms with E-state index in [1.54, 1.807) is 6.92 Å². The van der Waals surface area contributed by atoms with Gasteiger partial charge < -0.3 is 10.4 Å². The number of hydrogen-bond donors (Lipinski definition) is 3. The van der Waals surface area contributed by atoms with Crippen molar-refractivity contribution in [3.63, 3.8) is 0 Å². The molecule has 0 radical (unpaired) electrons. The highest BCUT2D eigenvalue weighted by Gasteiger charge is 2.35. The molecule has 0 fully saturated rings. The molecule has 0 bridgehead atoms. The molecule has 1 amide bonds. The molecule has 1 aromatic heterocycles. The highest BCUT2D eigenvalue weighted by molar-refractivity contribution is 5.92. The summed E-state index contributed by atoms with van der Waals surface area (Å²) in [6.07, 6.45) is -4.57. The number of nitrogens with zero attached hydrogens (tertiary/aromatic N) is 1. The van der Waals surface area contributed by atoms with E-state index in [0.717, 1.165) is 6.07 Å². The van der Waals surface area contributed by atoms with Crippen molar-refractivity contribution >= 4 is 5.91 Å². The molecule has 118 valence electrons. The summed E-state index contributed by atoms with van der Waals surface area (Å²) < 4.78 is 39.0. The Morgan fingerprint density at radius 2 is 2.09 bits per heavy atom. The number of aliphatic hydroxyl groups excluding tert-OH is 1. The van der Waals surface area contributed by atoms with E-state index in [0.29, 0.717) is 5.69 Å². The van der Waals surface area contributed by atoms with Crippen LogP contribution < -0.4 is 5.32 Å². The molecule has 0 aliphatic carbocycles. The smallest absolute Gasteiger partial charge is 0.394 e. The van der Waals surface area contributed by atoms with Crippen LogP contribution in [-0.4, -0.2) is 27.8 Å². The molecule has 2 rings (SSSR count). The van der Waals surface area contributed by atoms with Crippen molar-refractivity contribution in [2.24, 2.45) is 0 Å². The van der Waals surface area contributed by atoms with Crippen molar-refractivity contribution in [3.05, 3.63) is 52.8 Å². The summed E-state index contributed by atoms with van der Waals surface area (Å²) in [5, 5.41) is 18.0. The van der Waals surface area contributed by atoms with Gasteiger partial charge in [-0.1, -0.05) is 18.2 Å². The zero-order chi connectivity index (χ0) is 16.3.